The molecular weight excluding hydrogens is 120 g/mol. The van der Waals surface area contributed by atoms with E-state index in [4.69, 9.17) is 6.42 Å². The van der Waals surface area contributed by atoms with Crippen molar-refractivity contribution in [2.24, 2.45) is 5.92 Å². The van der Waals surface area contributed by atoms with Crippen LogP contribution in [-0.4, -0.2) is 0 Å². The summed E-state index contributed by atoms with van der Waals surface area (Å²) in [6.07, 6.45) is 9.56. The van der Waals surface area contributed by atoms with Gasteiger partial charge in [0.15, 0.2) is 0 Å². The molecule has 0 N–H and O–H groups in total. The van der Waals surface area contributed by atoms with Crippen LogP contribution in [0.3, 0.4) is 0 Å². The van der Waals surface area contributed by atoms with Crippen LogP contribution >= 0.6 is 0 Å². The molecule has 0 aromatic carbocycles. The molecule has 1 atom stereocenters. The maximum absolute atomic E-state index is 6.88. The van der Waals surface area contributed by atoms with Crippen LogP contribution in [0.25, 0.3) is 0 Å². The van der Waals surface area contributed by atoms with Crippen molar-refractivity contribution in [3.63, 3.8) is 0 Å². The lowest BCUT2D eigenvalue weighted by molar-refractivity contribution is 0.671. The maximum atomic E-state index is 6.88. The van der Waals surface area contributed by atoms with Gasteiger partial charge in [-0.05, 0) is 12.8 Å². The molecular formula is C10H13. The highest BCUT2D eigenvalue weighted by atomic mass is 14.0. The zero-order valence-electron chi connectivity index (χ0n) is 6.70. The van der Waals surface area contributed by atoms with Crippen LogP contribution in [0.2, 0.25) is 0 Å². The van der Waals surface area contributed by atoms with Crippen molar-refractivity contribution in [2.45, 2.75) is 33.1 Å². The van der Waals surface area contributed by atoms with Crippen LogP contribution in [0.5, 0.6) is 0 Å². The van der Waals surface area contributed by atoms with Gasteiger partial charge in [0, 0.05) is 18.8 Å². The topological polar surface area (TPSA) is 0 Å². The molecule has 10 heavy (non-hydrogen) atoms. The first-order chi connectivity index (χ1) is 4.85. The zero-order chi connectivity index (χ0) is 7.82. The van der Waals surface area contributed by atoms with Gasteiger partial charge < -0.3 is 0 Å². The second-order valence-corrected chi connectivity index (χ2v) is 2.16. The van der Waals surface area contributed by atoms with E-state index < -0.39 is 0 Å². The Bertz CT molecular complexity index is 161. The minimum absolute atomic E-state index is 0.249. The monoisotopic (exact) mass is 133 g/mol. The van der Waals surface area contributed by atoms with Gasteiger partial charge in [-0.15, -0.1) is 11.8 Å². The van der Waals surface area contributed by atoms with E-state index in [1.165, 1.54) is 0 Å². The van der Waals surface area contributed by atoms with Gasteiger partial charge in [0.2, 0.25) is 0 Å². The molecule has 0 rings (SSSR count). The molecule has 0 saturated heterocycles. The lowest BCUT2D eigenvalue weighted by Gasteiger charge is -1.98. The van der Waals surface area contributed by atoms with Crippen molar-refractivity contribution in [3.8, 4) is 17.8 Å². The van der Waals surface area contributed by atoms with Crippen molar-refractivity contribution in [1.82, 2.24) is 0 Å². The Hall–Kier alpha value is -0.880. The molecule has 1 unspecified atom stereocenters. The van der Waals surface area contributed by atoms with E-state index in [1.54, 1.807) is 0 Å². The predicted molar refractivity (Wildman–Crippen MR) is 43.6 cm³/mol. The summed E-state index contributed by atoms with van der Waals surface area (Å²) in [4.78, 5) is 0. The highest BCUT2D eigenvalue weighted by Crippen LogP contribution is 2.04. The number of rotatable bonds is 2. The predicted octanol–water partition coefficient (Wildman–Crippen LogP) is 2.41. The molecule has 53 valence electrons. The zero-order valence-corrected chi connectivity index (χ0v) is 6.70. The van der Waals surface area contributed by atoms with E-state index in [9.17, 15) is 0 Å². The van der Waals surface area contributed by atoms with E-state index in [-0.39, 0.29) is 5.92 Å². The molecule has 0 amide bonds. The van der Waals surface area contributed by atoms with Crippen LogP contribution in [0.15, 0.2) is 0 Å². The van der Waals surface area contributed by atoms with Gasteiger partial charge in [-0.2, -0.15) is 0 Å². The summed E-state index contributed by atoms with van der Waals surface area (Å²) in [7, 11) is 0. The minimum Gasteiger partial charge on any atom is -0.104 e. The quantitative estimate of drug-likeness (QED) is 0.507. The van der Waals surface area contributed by atoms with Crippen LogP contribution in [-0.2, 0) is 0 Å². The van der Waals surface area contributed by atoms with E-state index in [0.29, 0.717) is 0 Å². The van der Waals surface area contributed by atoms with Gasteiger partial charge in [0.25, 0.3) is 0 Å². The Morgan fingerprint density at radius 1 is 1.30 bits per heavy atom. The molecule has 0 aliphatic carbocycles. The summed E-state index contributed by atoms with van der Waals surface area (Å²) < 4.78 is 0. The van der Waals surface area contributed by atoms with Gasteiger partial charge in [0.05, 0.1) is 0 Å². The molecule has 0 aromatic rings. The van der Waals surface area contributed by atoms with Crippen molar-refractivity contribution in [1.29, 1.82) is 0 Å². The largest absolute Gasteiger partial charge is 0.104 e. The third kappa shape index (κ3) is 4.04. The second-order valence-electron chi connectivity index (χ2n) is 2.16. The van der Waals surface area contributed by atoms with Crippen LogP contribution < -0.4 is 0 Å². The Balaban J connectivity index is 3.56. The molecule has 0 aromatic heterocycles. The summed E-state index contributed by atoms with van der Waals surface area (Å²) >= 11 is 0. The smallest absolute Gasteiger partial charge is 0.0319 e. The molecule has 0 fully saturated rings. The second kappa shape index (κ2) is 6.24. The van der Waals surface area contributed by atoms with E-state index in [0.717, 1.165) is 19.3 Å². The molecule has 0 heterocycles. The Morgan fingerprint density at radius 2 is 2.00 bits per heavy atom. The first-order valence-corrected chi connectivity index (χ1v) is 3.73. The summed E-state index contributed by atoms with van der Waals surface area (Å²) in [6.45, 7) is 4.09. The SMILES string of the molecule is [C]#CC(CC)CC#CCC. The Kier molecular flexibility index (Phi) is 5.69. The molecule has 1 radical (unpaired) electrons. The van der Waals surface area contributed by atoms with Gasteiger partial charge in [-0.3, -0.25) is 0 Å². The maximum Gasteiger partial charge on any atom is 0.0319 e. The minimum atomic E-state index is 0.249. The summed E-state index contributed by atoms with van der Waals surface area (Å²) in [5.74, 6) is 8.69. The summed E-state index contributed by atoms with van der Waals surface area (Å²) in [6, 6.07) is 0. The molecule has 0 heteroatoms. The van der Waals surface area contributed by atoms with Gasteiger partial charge in [0.1, 0.15) is 0 Å². The van der Waals surface area contributed by atoms with Crippen LogP contribution in [0, 0.1) is 30.1 Å². The molecule has 0 saturated carbocycles. The lowest BCUT2D eigenvalue weighted by Crippen LogP contribution is -1.91. The molecule has 0 spiro atoms. The third-order valence-electron chi connectivity index (χ3n) is 1.35. The van der Waals surface area contributed by atoms with Crippen molar-refractivity contribution in [2.75, 3.05) is 0 Å². The fraction of sp³-hybridized carbons (Fsp3) is 0.600. The highest BCUT2D eigenvalue weighted by Gasteiger charge is 1.96. The average molecular weight is 133 g/mol. The fourth-order valence-corrected chi connectivity index (χ4v) is 0.618. The third-order valence-corrected chi connectivity index (χ3v) is 1.35. The molecule has 0 aliphatic heterocycles. The molecule has 0 bridgehead atoms. The Morgan fingerprint density at radius 3 is 2.40 bits per heavy atom. The Labute approximate surface area is 64.0 Å². The first-order valence-electron chi connectivity index (χ1n) is 3.73. The average Bonchev–Trinajstić information content (AvgIpc) is 1.99. The van der Waals surface area contributed by atoms with Crippen molar-refractivity contribution >= 4 is 0 Å². The highest BCUT2D eigenvalue weighted by molar-refractivity contribution is 5.03. The lowest BCUT2D eigenvalue weighted by atomic mass is 10.0. The van der Waals surface area contributed by atoms with E-state index in [1.807, 2.05) is 6.92 Å². The molecule has 0 aliphatic rings. The van der Waals surface area contributed by atoms with Gasteiger partial charge in [-0.1, -0.05) is 19.8 Å². The fourth-order valence-electron chi connectivity index (χ4n) is 0.618. The van der Waals surface area contributed by atoms with Crippen molar-refractivity contribution < 1.29 is 0 Å². The first kappa shape index (κ1) is 9.12. The number of hydrogen-bond donors (Lipinski definition) is 0. The van der Waals surface area contributed by atoms with E-state index >= 15 is 0 Å². The standard InChI is InChI=1S/C10H13/c1-4-7-8-9-10(5-2)6-3/h10H,4-5,9H2,1-2H3. The summed E-state index contributed by atoms with van der Waals surface area (Å²) in [5.41, 5.74) is 0. The molecule has 0 nitrogen and oxygen atoms in total. The van der Waals surface area contributed by atoms with E-state index in [2.05, 4.69) is 24.7 Å². The van der Waals surface area contributed by atoms with Crippen LogP contribution in [0.1, 0.15) is 33.1 Å². The number of hydrogen-bond acceptors (Lipinski definition) is 0. The normalized spacial score (nSPS) is 10.9. The summed E-state index contributed by atoms with van der Waals surface area (Å²) in [5, 5.41) is 0. The van der Waals surface area contributed by atoms with Gasteiger partial charge >= 0.3 is 0 Å². The van der Waals surface area contributed by atoms with Crippen LogP contribution in [0.4, 0.5) is 0 Å². The van der Waals surface area contributed by atoms with Crippen molar-refractivity contribution in [3.05, 3.63) is 6.42 Å². The van der Waals surface area contributed by atoms with Gasteiger partial charge in [-0.25, -0.2) is 0 Å².